The first kappa shape index (κ1) is 12.9. The summed E-state index contributed by atoms with van der Waals surface area (Å²) in [5.74, 6) is 1.06. The number of carbonyl (C=O) groups excluding carboxylic acids is 1. The lowest BCUT2D eigenvalue weighted by molar-refractivity contribution is -0.114. The van der Waals surface area contributed by atoms with Crippen LogP contribution in [0.2, 0.25) is 0 Å². The summed E-state index contributed by atoms with van der Waals surface area (Å²) in [5.41, 5.74) is 7.82. The molecule has 0 saturated heterocycles. The van der Waals surface area contributed by atoms with Crippen molar-refractivity contribution >= 4 is 17.3 Å². The number of benzene rings is 1. The Kier molecular flexibility index (Phi) is 3.66. The Hall–Kier alpha value is -2.56. The van der Waals surface area contributed by atoms with Gasteiger partial charge < -0.3 is 15.8 Å². The summed E-state index contributed by atoms with van der Waals surface area (Å²) >= 11 is 0. The van der Waals surface area contributed by atoms with Crippen molar-refractivity contribution in [2.45, 2.75) is 13.8 Å². The third-order valence-corrected chi connectivity index (χ3v) is 2.44. The molecule has 0 spiro atoms. The van der Waals surface area contributed by atoms with E-state index in [0.29, 0.717) is 17.3 Å². The van der Waals surface area contributed by atoms with Crippen molar-refractivity contribution in [2.75, 3.05) is 11.1 Å². The fraction of sp³-hybridized carbons (Fsp3) is 0.143. The molecule has 3 N–H and O–H groups in total. The number of amides is 1. The first-order chi connectivity index (χ1) is 9.04. The molecule has 0 bridgehead atoms. The number of nitrogens with zero attached hydrogens (tertiary/aromatic N) is 1. The van der Waals surface area contributed by atoms with Crippen LogP contribution < -0.4 is 15.8 Å². The highest BCUT2D eigenvalue weighted by atomic mass is 16.5. The molecule has 2 rings (SSSR count). The minimum atomic E-state index is -0.107. The fourth-order valence-corrected chi connectivity index (χ4v) is 1.61. The number of anilines is 2. The van der Waals surface area contributed by atoms with Crippen LogP contribution in [-0.2, 0) is 4.79 Å². The molecule has 0 aliphatic rings. The van der Waals surface area contributed by atoms with Crippen LogP contribution in [0.5, 0.6) is 11.6 Å². The third-order valence-electron chi connectivity index (χ3n) is 2.44. The third kappa shape index (κ3) is 3.45. The maximum atomic E-state index is 10.9. The van der Waals surface area contributed by atoms with Gasteiger partial charge in [0.05, 0.1) is 11.9 Å². The van der Waals surface area contributed by atoms with E-state index in [9.17, 15) is 4.79 Å². The van der Waals surface area contributed by atoms with Crippen molar-refractivity contribution in [3.8, 4) is 11.6 Å². The van der Waals surface area contributed by atoms with E-state index in [1.165, 1.54) is 6.92 Å². The molecule has 19 heavy (non-hydrogen) atoms. The van der Waals surface area contributed by atoms with E-state index in [1.807, 2.05) is 6.92 Å². The molecule has 0 fully saturated rings. The number of hydrogen-bond donors (Lipinski definition) is 2. The van der Waals surface area contributed by atoms with Gasteiger partial charge in [-0.3, -0.25) is 4.79 Å². The van der Waals surface area contributed by atoms with Gasteiger partial charge in [-0.2, -0.15) is 0 Å². The second-order valence-electron chi connectivity index (χ2n) is 4.20. The molecule has 0 aliphatic heterocycles. The molecule has 0 unspecified atom stereocenters. The van der Waals surface area contributed by atoms with Gasteiger partial charge in [-0.1, -0.05) is 0 Å². The quantitative estimate of drug-likeness (QED) is 0.886. The Morgan fingerprint density at radius 1 is 1.32 bits per heavy atom. The van der Waals surface area contributed by atoms with Crippen molar-refractivity contribution in [3.05, 3.63) is 42.1 Å². The van der Waals surface area contributed by atoms with Crippen molar-refractivity contribution in [3.63, 3.8) is 0 Å². The number of nitrogens with two attached hydrogens (primary N) is 1. The van der Waals surface area contributed by atoms with E-state index in [-0.39, 0.29) is 5.91 Å². The maximum Gasteiger partial charge on any atom is 0.222 e. The molecular weight excluding hydrogens is 242 g/mol. The minimum absolute atomic E-state index is 0.107. The van der Waals surface area contributed by atoms with Gasteiger partial charge in [0.2, 0.25) is 11.8 Å². The molecule has 98 valence electrons. The highest BCUT2D eigenvalue weighted by molar-refractivity contribution is 5.88. The maximum absolute atomic E-state index is 10.9. The van der Waals surface area contributed by atoms with Gasteiger partial charge >= 0.3 is 0 Å². The first-order valence-corrected chi connectivity index (χ1v) is 5.82. The standard InChI is InChI=1S/C14H15N3O2/c1-9-7-11(15)8-16-14(9)19-13-5-3-12(4-6-13)17-10(2)18/h3-8H,15H2,1-2H3,(H,17,18). The molecule has 5 nitrogen and oxygen atoms in total. The van der Waals surface area contributed by atoms with E-state index in [4.69, 9.17) is 10.5 Å². The largest absolute Gasteiger partial charge is 0.439 e. The van der Waals surface area contributed by atoms with Crippen molar-refractivity contribution < 1.29 is 9.53 Å². The summed E-state index contributed by atoms with van der Waals surface area (Å²) in [5, 5.41) is 2.69. The summed E-state index contributed by atoms with van der Waals surface area (Å²) in [7, 11) is 0. The summed E-state index contributed by atoms with van der Waals surface area (Å²) in [4.78, 5) is 15.0. The number of nitrogen functional groups attached to an aromatic ring is 1. The monoisotopic (exact) mass is 257 g/mol. The van der Waals surface area contributed by atoms with Crippen molar-refractivity contribution in [1.29, 1.82) is 0 Å². The number of pyridine rings is 1. The van der Waals surface area contributed by atoms with Crippen LogP contribution in [0.3, 0.4) is 0 Å². The predicted molar refractivity (Wildman–Crippen MR) is 74.2 cm³/mol. The molecule has 0 aliphatic carbocycles. The topological polar surface area (TPSA) is 77.2 Å². The highest BCUT2D eigenvalue weighted by Crippen LogP contribution is 2.24. The Morgan fingerprint density at radius 2 is 2.00 bits per heavy atom. The molecule has 1 amide bonds. The van der Waals surface area contributed by atoms with Gasteiger partial charge in [0.15, 0.2) is 0 Å². The zero-order chi connectivity index (χ0) is 13.8. The molecule has 1 heterocycles. The van der Waals surface area contributed by atoms with Gasteiger partial charge in [-0.15, -0.1) is 0 Å². The minimum Gasteiger partial charge on any atom is -0.439 e. The summed E-state index contributed by atoms with van der Waals surface area (Å²) in [6, 6.07) is 8.87. The van der Waals surface area contributed by atoms with Gasteiger partial charge in [-0.25, -0.2) is 4.98 Å². The Labute approximate surface area is 111 Å². The second-order valence-corrected chi connectivity index (χ2v) is 4.20. The molecule has 5 heteroatoms. The van der Waals surface area contributed by atoms with Crippen LogP contribution in [0.4, 0.5) is 11.4 Å². The molecule has 1 aromatic heterocycles. The molecule has 0 radical (unpaired) electrons. The number of ether oxygens (including phenoxy) is 1. The van der Waals surface area contributed by atoms with E-state index in [0.717, 1.165) is 11.3 Å². The zero-order valence-electron chi connectivity index (χ0n) is 10.8. The normalized spacial score (nSPS) is 10.0. The lowest BCUT2D eigenvalue weighted by Gasteiger charge is -2.08. The molecule has 0 saturated carbocycles. The summed E-state index contributed by atoms with van der Waals surface area (Å²) in [6.07, 6.45) is 1.55. The van der Waals surface area contributed by atoms with Crippen LogP contribution in [0, 0.1) is 6.92 Å². The Balaban J connectivity index is 2.13. The number of aromatic nitrogens is 1. The van der Waals surface area contributed by atoms with Crippen LogP contribution in [0.25, 0.3) is 0 Å². The Bertz CT molecular complexity index is 594. The average molecular weight is 257 g/mol. The lowest BCUT2D eigenvalue weighted by Crippen LogP contribution is -2.05. The van der Waals surface area contributed by atoms with Crippen LogP contribution in [0.15, 0.2) is 36.5 Å². The van der Waals surface area contributed by atoms with E-state index in [1.54, 1.807) is 36.5 Å². The van der Waals surface area contributed by atoms with Gasteiger partial charge in [-0.05, 0) is 37.3 Å². The summed E-state index contributed by atoms with van der Waals surface area (Å²) < 4.78 is 5.64. The fourth-order valence-electron chi connectivity index (χ4n) is 1.61. The van der Waals surface area contributed by atoms with Crippen LogP contribution in [0.1, 0.15) is 12.5 Å². The summed E-state index contributed by atoms with van der Waals surface area (Å²) in [6.45, 7) is 3.34. The average Bonchev–Trinajstić information content (AvgIpc) is 2.34. The number of carbonyl (C=O) groups is 1. The van der Waals surface area contributed by atoms with E-state index < -0.39 is 0 Å². The van der Waals surface area contributed by atoms with Gasteiger partial charge in [0.25, 0.3) is 0 Å². The van der Waals surface area contributed by atoms with E-state index >= 15 is 0 Å². The number of hydrogen-bond acceptors (Lipinski definition) is 4. The molecular formula is C14H15N3O2. The zero-order valence-corrected chi connectivity index (χ0v) is 10.8. The highest BCUT2D eigenvalue weighted by Gasteiger charge is 2.04. The van der Waals surface area contributed by atoms with Gasteiger partial charge in [0, 0.05) is 18.2 Å². The number of nitrogens with one attached hydrogen (secondary N) is 1. The molecule has 1 aromatic carbocycles. The SMILES string of the molecule is CC(=O)Nc1ccc(Oc2ncc(N)cc2C)cc1. The molecule has 2 aromatic rings. The predicted octanol–water partition coefficient (Wildman–Crippen LogP) is 2.72. The van der Waals surface area contributed by atoms with E-state index in [2.05, 4.69) is 10.3 Å². The van der Waals surface area contributed by atoms with Crippen molar-refractivity contribution in [2.24, 2.45) is 0 Å². The number of rotatable bonds is 3. The van der Waals surface area contributed by atoms with Crippen LogP contribution in [-0.4, -0.2) is 10.9 Å². The second kappa shape index (κ2) is 5.39. The Morgan fingerprint density at radius 3 is 2.58 bits per heavy atom. The van der Waals surface area contributed by atoms with Crippen LogP contribution >= 0.6 is 0 Å². The van der Waals surface area contributed by atoms with Crippen molar-refractivity contribution in [1.82, 2.24) is 4.98 Å². The molecule has 0 atom stereocenters. The smallest absolute Gasteiger partial charge is 0.222 e. The number of aryl methyl sites for hydroxylation is 1. The first-order valence-electron chi connectivity index (χ1n) is 5.82. The lowest BCUT2D eigenvalue weighted by atomic mass is 10.2. The van der Waals surface area contributed by atoms with Gasteiger partial charge in [0.1, 0.15) is 5.75 Å².